The van der Waals surface area contributed by atoms with Crippen molar-refractivity contribution in [3.05, 3.63) is 11.6 Å². The van der Waals surface area contributed by atoms with Crippen LogP contribution in [-0.2, 0) is 9.53 Å². The molecule has 0 aromatic heterocycles. The van der Waals surface area contributed by atoms with E-state index in [1.165, 1.54) is 13.2 Å². The first-order chi connectivity index (χ1) is 5.65. The molecule has 0 aliphatic carbocycles. The Labute approximate surface area is 70.5 Å². The number of hydrogen-bond acceptors (Lipinski definition) is 4. The molecule has 0 aromatic rings. The molecule has 1 aliphatic rings. The monoisotopic (exact) mass is 166 g/mol. The molecule has 0 spiro atoms. The summed E-state index contributed by atoms with van der Waals surface area (Å²) in [5, 5.41) is 7.38. The second-order valence-electron chi connectivity index (χ2n) is 2.48. The van der Waals surface area contributed by atoms with Gasteiger partial charge >= 0.3 is 5.97 Å². The van der Waals surface area contributed by atoms with Crippen LogP contribution in [0.15, 0.2) is 16.6 Å². The molecule has 4 nitrogen and oxygen atoms in total. The van der Waals surface area contributed by atoms with Crippen LogP contribution in [0.2, 0.25) is 0 Å². The Kier molecular flexibility index (Phi) is 2.38. The molecule has 64 valence electrons. The number of rotatable bonds is 1. The van der Waals surface area contributed by atoms with E-state index in [1.54, 1.807) is 6.92 Å². The maximum atomic E-state index is 11.0. The number of methoxy groups -OCH3 is 1. The minimum absolute atomic E-state index is 0.279. The van der Waals surface area contributed by atoms with Gasteiger partial charge in [-0.05, 0) is 13.0 Å². The van der Waals surface area contributed by atoms with Gasteiger partial charge in [0.25, 0.3) is 0 Å². The van der Waals surface area contributed by atoms with Crippen LogP contribution >= 0.6 is 0 Å². The number of carbonyl (C=O) groups is 1. The highest BCUT2D eigenvalue weighted by molar-refractivity contribution is 6.45. The van der Waals surface area contributed by atoms with Crippen LogP contribution in [0.3, 0.4) is 0 Å². The van der Waals surface area contributed by atoms with E-state index in [-0.39, 0.29) is 5.71 Å². The molecule has 0 saturated carbocycles. The van der Waals surface area contributed by atoms with Crippen LogP contribution in [0.5, 0.6) is 0 Å². The van der Waals surface area contributed by atoms with Crippen molar-refractivity contribution >= 4 is 17.4 Å². The molecule has 0 unspecified atom stereocenters. The molecule has 0 saturated heterocycles. The van der Waals surface area contributed by atoms with Crippen molar-refractivity contribution < 1.29 is 9.53 Å². The highest BCUT2D eigenvalue weighted by Gasteiger charge is 2.14. The zero-order chi connectivity index (χ0) is 9.14. The minimum Gasteiger partial charge on any atom is -0.466 e. The fourth-order valence-electron chi connectivity index (χ4n) is 0.868. The summed E-state index contributed by atoms with van der Waals surface area (Å²) in [6.45, 7) is 2.06. The van der Waals surface area contributed by atoms with E-state index in [4.69, 9.17) is 5.41 Å². The van der Waals surface area contributed by atoms with Gasteiger partial charge in [0.05, 0.1) is 30.7 Å². The summed E-state index contributed by atoms with van der Waals surface area (Å²) >= 11 is 0. The topological polar surface area (TPSA) is 62.5 Å². The predicted molar refractivity (Wildman–Crippen MR) is 45.8 cm³/mol. The van der Waals surface area contributed by atoms with Gasteiger partial charge in [0, 0.05) is 0 Å². The van der Waals surface area contributed by atoms with Gasteiger partial charge in [0.15, 0.2) is 0 Å². The van der Waals surface area contributed by atoms with Gasteiger partial charge in [-0.15, -0.1) is 0 Å². The average molecular weight is 166 g/mol. The van der Waals surface area contributed by atoms with Crippen molar-refractivity contribution in [3.63, 3.8) is 0 Å². The van der Waals surface area contributed by atoms with Crippen molar-refractivity contribution in [3.8, 4) is 0 Å². The maximum Gasteiger partial charge on any atom is 0.335 e. The van der Waals surface area contributed by atoms with Crippen LogP contribution in [0, 0.1) is 5.41 Å². The zero-order valence-corrected chi connectivity index (χ0v) is 7.05. The Hall–Kier alpha value is -1.45. The van der Waals surface area contributed by atoms with Gasteiger partial charge in [0.1, 0.15) is 0 Å². The maximum absolute atomic E-state index is 11.0. The molecular weight excluding hydrogens is 156 g/mol. The quantitative estimate of drug-likeness (QED) is 0.579. The summed E-state index contributed by atoms with van der Waals surface area (Å²) in [7, 11) is 1.32. The van der Waals surface area contributed by atoms with Crippen LogP contribution in [0.1, 0.15) is 6.92 Å². The van der Waals surface area contributed by atoms with E-state index in [9.17, 15) is 4.79 Å². The second kappa shape index (κ2) is 3.30. The third-order valence-electron chi connectivity index (χ3n) is 1.64. The summed E-state index contributed by atoms with van der Waals surface area (Å²) in [4.78, 5) is 14.9. The van der Waals surface area contributed by atoms with Crippen LogP contribution in [0.25, 0.3) is 0 Å². The molecule has 0 radical (unpaired) electrons. The Balaban J connectivity index is 2.80. The number of nitrogens with one attached hydrogen (secondary N) is 1. The first-order valence-corrected chi connectivity index (χ1v) is 3.54. The molecule has 12 heavy (non-hydrogen) atoms. The van der Waals surface area contributed by atoms with Gasteiger partial charge in [0.2, 0.25) is 0 Å². The number of nitrogens with zero attached hydrogens (tertiary/aromatic N) is 1. The SMILES string of the molecule is COC(=O)C1=CC(=N)C(C)=NC1. The van der Waals surface area contributed by atoms with E-state index in [0.29, 0.717) is 17.8 Å². The molecule has 4 heteroatoms. The Morgan fingerprint density at radius 2 is 2.42 bits per heavy atom. The van der Waals surface area contributed by atoms with E-state index in [0.717, 1.165) is 0 Å². The lowest BCUT2D eigenvalue weighted by molar-refractivity contribution is -0.136. The molecule has 0 aromatic carbocycles. The first kappa shape index (κ1) is 8.64. The fraction of sp³-hybridized carbons (Fsp3) is 0.375. The average Bonchev–Trinajstić information content (AvgIpc) is 2.08. The van der Waals surface area contributed by atoms with Crippen molar-refractivity contribution in [2.75, 3.05) is 13.7 Å². The van der Waals surface area contributed by atoms with Crippen molar-refractivity contribution in [2.24, 2.45) is 4.99 Å². The van der Waals surface area contributed by atoms with E-state index < -0.39 is 5.97 Å². The van der Waals surface area contributed by atoms with Crippen LogP contribution in [0.4, 0.5) is 0 Å². The van der Waals surface area contributed by atoms with E-state index in [1.807, 2.05) is 0 Å². The second-order valence-corrected chi connectivity index (χ2v) is 2.48. The highest BCUT2D eigenvalue weighted by Crippen LogP contribution is 2.05. The first-order valence-electron chi connectivity index (χ1n) is 3.54. The number of esters is 1. The third kappa shape index (κ3) is 1.58. The lowest BCUT2D eigenvalue weighted by Gasteiger charge is -2.09. The number of aliphatic imine (C=N–C) groups is 1. The number of carbonyl (C=O) groups excluding carboxylic acids is 1. The normalized spacial score (nSPS) is 16.7. The Morgan fingerprint density at radius 3 is 2.92 bits per heavy atom. The van der Waals surface area contributed by atoms with Gasteiger partial charge in [-0.1, -0.05) is 0 Å². The highest BCUT2D eigenvalue weighted by atomic mass is 16.5. The Bertz CT molecular complexity index is 289. The van der Waals surface area contributed by atoms with Gasteiger partial charge < -0.3 is 4.74 Å². The molecular formula is C8H10N2O2. The van der Waals surface area contributed by atoms with Gasteiger partial charge in [-0.25, -0.2) is 4.79 Å². The predicted octanol–water partition coefficient (Wildman–Crippen LogP) is 0.580. The third-order valence-corrected chi connectivity index (χ3v) is 1.64. The van der Waals surface area contributed by atoms with Gasteiger partial charge in [-0.2, -0.15) is 0 Å². The number of allylic oxidation sites excluding steroid dienone is 1. The van der Waals surface area contributed by atoms with Crippen molar-refractivity contribution in [1.29, 1.82) is 5.41 Å². The van der Waals surface area contributed by atoms with Crippen LogP contribution in [-0.4, -0.2) is 31.0 Å². The summed E-state index contributed by atoms with van der Waals surface area (Å²) in [6.07, 6.45) is 1.49. The molecule has 0 bridgehead atoms. The summed E-state index contributed by atoms with van der Waals surface area (Å²) in [6, 6.07) is 0. The standard InChI is InChI=1S/C8H10N2O2/c1-5-7(9)3-6(4-10-5)8(11)12-2/h3,9H,4H2,1-2H3. The van der Waals surface area contributed by atoms with Gasteiger partial charge in [-0.3, -0.25) is 10.4 Å². The zero-order valence-electron chi connectivity index (χ0n) is 7.05. The molecule has 0 atom stereocenters. The number of hydrogen-bond donors (Lipinski definition) is 1. The molecule has 1 aliphatic heterocycles. The minimum atomic E-state index is -0.406. The smallest absolute Gasteiger partial charge is 0.335 e. The molecule has 1 heterocycles. The number of ether oxygens (including phenoxy) is 1. The van der Waals surface area contributed by atoms with Crippen molar-refractivity contribution in [2.45, 2.75) is 6.92 Å². The van der Waals surface area contributed by atoms with Crippen molar-refractivity contribution in [1.82, 2.24) is 0 Å². The number of dihydropyridines is 1. The summed E-state index contributed by atoms with van der Waals surface area (Å²) < 4.78 is 4.50. The molecule has 0 fully saturated rings. The molecule has 0 amide bonds. The lowest BCUT2D eigenvalue weighted by Crippen LogP contribution is -2.18. The Morgan fingerprint density at radius 1 is 1.75 bits per heavy atom. The van der Waals surface area contributed by atoms with Crippen LogP contribution < -0.4 is 0 Å². The fourth-order valence-corrected chi connectivity index (χ4v) is 0.868. The van der Waals surface area contributed by atoms with E-state index >= 15 is 0 Å². The molecule has 1 N–H and O–H groups in total. The summed E-state index contributed by atoms with van der Waals surface area (Å²) in [5.41, 5.74) is 1.37. The largest absolute Gasteiger partial charge is 0.466 e. The summed E-state index contributed by atoms with van der Waals surface area (Å²) in [5.74, 6) is -0.406. The molecule has 1 rings (SSSR count). The van der Waals surface area contributed by atoms with E-state index in [2.05, 4.69) is 9.73 Å². The lowest BCUT2D eigenvalue weighted by atomic mass is 10.1.